The molecule has 104 valence electrons. The van der Waals surface area contributed by atoms with E-state index in [0.717, 1.165) is 23.0 Å². The lowest BCUT2D eigenvalue weighted by molar-refractivity contribution is 0.0955. The van der Waals surface area contributed by atoms with Crippen molar-refractivity contribution in [3.8, 4) is 0 Å². The van der Waals surface area contributed by atoms with Crippen molar-refractivity contribution in [2.45, 2.75) is 18.4 Å². The Morgan fingerprint density at radius 1 is 1.25 bits per heavy atom. The van der Waals surface area contributed by atoms with Crippen LogP contribution in [0.15, 0.2) is 41.8 Å². The Morgan fingerprint density at radius 2 is 2.05 bits per heavy atom. The molecule has 2 rings (SSSR count). The van der Waals surface area contributed by atoms with Crippen molar-refractivity contribution in [2.75, 3.05) is 12.3 Å². The van der Waals surface area contributed by atoms with Gasteiger partial charge in [0.05, 0.1) is 10.6 Å². The lowest BCUT2D eigenvalue weighted by atomic mass is 10.3. The second-order valence-electron chi connectivity index (χ2n) is 4.01. The first-order chi connectivity index (χ1) is 9.79. The molecule has 0 fully saturated rings. The van der Waals surface area contributed by atoms with Gasteiger partial charge in [0.15, 0.2) is 0 Å². The zero-order chi connectivity index (χ0) is 14.2. The molecule has 20 heavy (non-hydrogen) atoms. The molecule has 6 heteroatoms. The third kappa shape index (κ3) is 4.31. The molecule has 0 aliphatic heterocycles. The van der Waals surface area contributed by atoms with Gasteiger partial charge < -0.3 is 5.32 Å². The average molecular weight is 288 g/mol. The summed E-state index contributed by atoms with van der Waals surface area (Å²) < 4.78 is 0. The summed E-state index contributed by atoms with van der Waals surface area (Å²) in [5.74, 6) is 1.37. The summed E-state index contributed by atoms with van der Waals surface area (Å²) in [5, 5.41) is 3.80. The normalized spacial score (nSPS) is 10.2. The number of amides is 1. The molecule has 0 unspecified atom stereocenters. The number of hydrogen-bond donors (Lipinski definition) is 1. The monoisotopic (exact) mass is 288 g/mol. The Bertz CT molecular complexity index is 545. The number of carbonyl (C=O) groups is 1. The van der Waals surface area contributed by atoms with Crippen LogP contribution in [-0.2, 0) is 6.42 Å². The van der Waals surface area contributed by atoms with E-state index in [1.54, 1.807) is 30.4 Å². The van der Waals surface area contributed by atoms with Crippen LogP contribution in [0.3, 0.4) is 0 Å². The van der Waals surface area contributed by atoms with Crippen LogP contribution in [0, 0.1) is 0 Å². The molecule has 5 nitrogen and oxygen atoms in total. The number of hydrogen-bond acceptors (Lipinski definition) is 5. The second kappa shape index (κ2) is 7.59. The van der Waals surface area contributed by atoms with Gasteiger partial charge in [0.2, 0.25) is 0 Å². The van der Waals surface area contributed by atoms with Crippen LogP contribution in [0.1, 0.15) is 23.1 Å². The molecule has 0 saturated carbocycles. The predicted molar refractivity (Wildman–Crippen MR) is 78.7 cm³/mol. The summed E-state index contributed by atoms with van der Waals surface area (Å²) in [6.45, 7) is 2.56. The van der Waals surface area contributed by atoms with Crippen LogP contribution in [-0.4, -0.2) is 33.2 Å². The fraction of sp³-hybridized carbons (Fsp3) is 0.286. The smallest absolute Gasteiger partial charge is 0.254 e. The first-order valence-electron chi connectivity index (χ1n) is 6.42. The maximum atomic E-state index is 11.8. The van der Waals surface area contributed by atoms with Gasteiger partial charge >= 0.3 is 0 Å². The van der Waals surface area contributed by atoms with E-state index in [9.17, 15) is 4.79 Å². The van der Waals surface area contributed by atoms with Crippen LogP contribution in [0.5, 0.6) is 0 Å². The van der Waals surface area contributed by atoms with Crippen LogP contribution in [0.4, 0.5) is 0 Å². The van der Waals surface area contributed by atoms with E-state index in [1.807, 2.05) is 25.1 Å². The fourth-order valence-electron chi connectivity index (χ4n) is 1.51. The van der Waals surface area contributed by atoms with Crippen molar-refractivity contribution in [2.24, 2.45) is 0 Å². The first kappa shape index (κ1) is 14.5. The molecule has 0 aliphatic rings. The summed E-state index contributed by atoms with van der Waals surface area (Å²) >= 11 is 1.61. The van der Waals surface area contributed by atoms with Crippen molar-refractivity contribution >= 4 is 17.7 Å². The van der Waals surface area contributed by atoms with E-state index in [2.05, 4.69) is 20.3 Å². The molecular formula is C14H16N4OS. The van der Waals surface area contributed by atoms with E-state index >= 15 is 0 Å². The van der Waals surface area contributed by atoms with Gasteiger partial charge in [0.25, 0.3) is 5.91 Å². The molecule has 2 heterocycles. The van der Waals surface area contributed by atoms with Crippen LogP contribution < -0.4 is 5.32 Å². The van der Waals surface area contributed by atoms with Crippen molar-refractivity contribution < 1.29 is 4.79 Å². The van der Waals surface area contributed by atoms with E-state index in [1.165, 1.54) is 0 Å². The zero-order valence-electron chi connectivity index (χ0n) is 11.2. The highest BCUT2D eigenvalue weighted by Gasteiger charge is 2.06. The predicted octanol–water partition coefficient (Wildman–Crippen LogP) is 1.96. The maximum Gasteiger partial charge on any atom is 0.254 e. The Kier molecular flexibility index (Phi) is 5.49. The Morgan fingerprint density at radius 3 is 2.70 bits per heavy atom. The number of nitrogens with zero attached hydrogens (tertiary/aromatic N) is 3. The number of aromatic nitrogens is 3. The summed E-state index contributed by atoms with van der Waals surface area (Å²) in [4.78, 5) is 24.3. The first-order valence-corrected chi connectivity index (χ1v) is 7.41. The van der Waals surface area contributed by atoms with Gasteiger partial charge in [-0.2, -0.15) is 0 Å². The standard InChI is InChI=1S/C14H16N4OS/c1-2-12-17-9-11(10-18-12)14(19)16-7-8-20-13-5-3-4-6-15-13/h3-6,9-10H,2,7-8H2,1H3,(H,16,19). The summed E-state index contributed by atoms with van der Waals surface area (Å²) in [6, 6.07) is 5.77. The maximum absolute atomic E-state index is 11.8. The summed E-state index contributed by atoms with van der Waals surface area (Å²) in [5.41, 5.74) is 0.491. The van der Waals surface area contributed by atoms with E-state index < -0.39 is 0 Å². The third-order valence-corrected chi connectivity index (χ3v) is 3.50. The van der Waals surface area contributed by atoms with E-state index in [4.69, 9.17) is 0 Å². The van der Waals surface area contributed by atoms with Crippen molar-refractivity contribution in [1.82, 2.24) is 20.3 Å². The molecular weight excluding hydrogens is 272 g/mol. The van der Waals surface area contributed by atoms with E-state index in [-0.39, 0.29) is 5.91 Å². The molecule has 0 saturated heterocycles. The van der Waals surface area contributed by atoms with Gasteiger partial charge in [-0.1, -0.05) is 13.0 Å². The lowest BCUT2D eigenvalue weighted by Gasteiger charge is -2.04. The van der Waals surface area contributed by atoms with Gasteiger partial charge in [-0.3, -0.25) is 4.79 Å². The van der Waals surface area contributed by atoms with Crippen molar-refractivity contribution in [3.05, 3.63) is 48.2 Å². The molecule has 1 amide bonds. The summed E-state index contributed by atoms with van der Waals surface area (Å²) in [6.07, 6.45) is 5.65. The van der Waals surface area contributed by atoms with Crippen LogP contribution in [0.25, 0.3) is 0 Å². The summed E-state index contributed by atoms with van der Waals surface area (Å²) in [7, 11) is 0. The van der Waals surface area contributed by atoms with Crippen molar-refractivity contribution in [1.29, 1.82) is 0 Å². The minimum absolute atomic E-state index is 0.144. The molecule has 0 atom stereocenters. The number of rotatable bonds is 6. The van der Waals surface area contributed by atoms with Crippen LogP contribution >= 0.6 is 11.8 Å². The Hall–Kier alpha value is -1.95. The zero-order valence-corrected chi connectivity index (χ0v) is 12.1. The second-order valence-corrected chi connectivity index (χ2v) is 5.13. The number of aryl methyl sites for hydroxylation is 1. The lowest BCUT2D eigenvalue weighted by Crippen LogP contribution is -2.26. The third-order valence-electron chi connectivity index (χ3n) is 2.56. The molecule has 2 aromatic rings. The van der Waals surface area contributed by atoms with Gasteiger partial charge in [-0.15, -0.1) is 11.8 Å². The van der Waals surface area contributed by atoms with Gasteiger partial charge in [-0.05, 0) is 12.1 Å². The molecule has 0 aromatic carbocycles. The number of thioether (sulfide) groups is 1. The van der Waals surface area contributed by atoms with E-state index in [0.29, 0.717) is 12.1 Å². The highest BCUT2D eigenvalue weighted by atomic mass is 32.2. The van der Waals surface area contributed by atoms with Crippen LogP contribution in [0.2, 0.25) is 0 Å². The molecule has 0 aliphatic carbocycles. The highest BCUT2D eigenvalue weighted by molar-refractivity contribution is 7.99. The Balaban J connectivity index is 1.74. The van der Waals surface area contributed by atoms with Crippen molar-refractivity contribution in [3.63, 3.8) is 0 Å². The van der Waals surface area contributed by atoms with Gasteiger partial charge in [0, 0.05) is 37.3 Å². The minimum Gasteiger partial charge on any atom is -0.351 e. The molecule has 1 N–H and O–H groups in total. The van der Waals surface area contributed by atoms with Gasteiger partial charge in [0.1, 0.15) is 5.82 Å². The minimum atomic E-state index is -0.144. The molecule has 0 bridgehead atoms. The highest BCUT2D eigenvalue weighted by Crippen LogP contribution is 2.12. The number of carbonyl (C=O) groups excluding carboxylic acids is 1. The topological polar surface area (TPSA) is 67.8 Å². The molecule has 2 aromatic heterocycles. The van der Waals surface area contributed by atoms with Gasteiger partial charge in [-0.25, -0.2) is 15.0 Å². The quantitative estimate of drug-likeness (QED) is 0.650. The Labute approximate surface area is 122 Å². The largest absolute Gasteiger partial charge is 0.351 e. The fourth-order valence-corrected chi connectivity index (χ4v) is 2.23. The molecule has 0 radical (unpaired) electrons. The SMILES string of the molecule is CCc1ncc(C(=O)NCCSc2ccccn2)cn1. The molecule has 0 spiro atoms. The average Bonchev–Trinajstić information content (AvgIpc) is 2.52. The number of nitrogens with one attached hydrogen (secondary N) is 1. The number of pyridine rings is 1.